The minimum absolute atomic E-state index is 0.0153. The first-order valence-electron chi connectivity index (χ1n) is 20.4. The number of tetrazole rings is 1. The number of nitrogens with zero attached hydrogens (tertiary/aromatic N) is 4. The molecule has 7 aromatic rings. The summed E-state index contributed by atoms with van der Waals surface area (Å²) in [5, 5.41) is 30.3. The molecule has 0 aliphatic heterocycles. The molecule has 0 radical (unpaired) electrons. The van der Waals surface area contributed by atoms with Gasteiger partial charge in [0, 0.05) is 24.0 Å². The molecule has 3 N–H and O–H groups in total. The summed E-state index contributed by atoms with van der Waals surface area (Å²) in [5.41, 5.74) is 7.32. The molecule has 0 fully saturated rings. The first kappa shape index (κ1) is 45.5. The molecule has 320 valence electrons. The molecule has 2 unspecified atom stereocenters. The maximum atomic E-state index is 13.0. The van der Waals surface area contributed by atoms with Crippen LogP contribution in [-0.2, 0) is 12.8 Å². The van der Waals surface area contributed by atoms with Crippen LogP contribution in [0.5, 0.6) is 11.5 Å². The zero-order chi connectivity index (χ0) is 44.7. The Labute approximate surface area is 377 Å². The molecule has 0 bridgehead atoms. The Hall–Kier alpha value is -7.00. The largest absolute Gasteiger partial charge is 0.489 e. The van der Waals surface area contributed by atoms with Gasteiger partial charge < -0.3 is 20.1 Å². The fraction of sp³-hybridized carbons (Fsp3) is 0.200. The highest BCUT2D eigenvalue weighted by Gasteiger charge is 2.22. The van der Waals surface area contributed by atoms with Crippen molar-refractivity contribution in [3.8, 4) is 39.8 Å². The quantitative estimate of drug-likeness (QED) is 0.0919. The highest BCUT2D eigenvalue weighted by Crippen LogP contribution is 2.29. The monoisotopic (exact) mass is 879 g/mol. The second-order valence-electron chi connectivity index (χ2n) is 15.1. The fourth-order valence-electron chi connectivity index (χ4n) is 6.52. The van der Waals surface area contributed by atoms with E-state index in [-0.39, 0.29) is 24.0 Å². The van der Waals surface area contributed by atoms with Crippen LogP contribution in [0, 0.1) is 11.3 Å². The van der Waals surface area contributed by atoms with E-state index in [0.717, 1.165) is 33.4 Å². The van der Waals surface area contributed by atoms with Gasteiger partial charge in [-0.05, 0) is 97.5 Å². The van der Waals surface area contributed by atoms with Gasteiger partial charge in [-0.25, -0.2) is 0 Å². The van der Waals surface area contributed by atoms with Crippen molar-refractivity contribution in [2.45, 2.75) is 64.8 Å². The molecule has 2 amide bonds. The van der Waals surface area contributed by atoms with Crippen molar-refractivity contribution in [1.82, 2.24) is 31.3 Å². The van der Waals surface area contributed by atoms with Gasteiger partial charge in [-0.2, -0.15) is 10.5 Å². The van der Waals surface area contributed by atoms with Crippen LogP contribution in [-0.4, -0.2) is 50.7 Å². The number of carbonyl (C=O) groups excluding carboxylic acids is 2. The number of halogens is 2. The Morgan fingerprint density at radius 2 is 1.06 bits per heavy atom. The summed E-state index contributed by atoms with van der Waals surface area (Å²) in [7, 11) is 0. The van der Waals surface area contributed by atoms with Crippen LogP contribution < -0.4 is 20.1 Å². The van der Waals surface area contributed by atoms with Gasteiger partial charge in [-0.1, -0.05) is 138 Å². The number of carbonyl (C=O) groups is 2. The molecule has 0 spiro atoms. The summed E-state index contributed by atoms with van der Waals surface area (Å²) in [5.74, 6) is 0.834. The van der Waals surface area contributed by atoms with Gasteiger partial charge in [0.25, 0.3) is 11.8 Å². The number of nitriles is 1. The number of H-pyrrole nitrogens is 1. The topological polar surface area (TPSA) is 155 Å². The van der Waals surface area contributed by atoms with E-state index in [4.69, 9.17) is 32.7 Å². The smallest absolute Gasteiger partial charge is 0.252 e. The zero-order valence-corrected chi connectivity index (χ0v) is 36.8. The Kier molecular flexibility index (Phi) is 16.0. The molecular weight excluding hydrogens is 834 g/mol. The molecule has 13 heteroatoms. The average Bonchev–Trinajstić information content (AvgIpc) is 3.84. The maximum absolute atomic E-state index is 13.0. The molecule has 2 atom stereocenters. The normalized spacial score (nSPS) is 11.7. The summed E-state index contributed by atoms with van der Waals surface area (Å²) >= 11 is 12.5. The number of benzene rings is 6. The number of hydrogen-bond donors (Lipinski definition) is 3. The zero-order valence-electron chi connectivity index (χ0n) is 35.3. The Balaban J connectivity index is 0.000000211. The van der Waals surface area contributed by atoms with Crippen LogP contribution in [0.15, 0.2) is 146 Å². The van der Waals surface area contributed by atoms with Gasteiger partial charge in [0.05, 0.1) is 34.4 Å². The summed E-state index contributed by atoms with van der Waals surface area (Å²) in [6, 6.07) is 47.3. The van der Waals surface area contributed by atoms with Crippen molar-refractivity contribution < 1.29 is 19.1 Å². The van der Waals surface area contributed by atoms with Crippen molar-refractivity contribution in [2.75, 3.05) is 0 Å². The van der Waals surface area contributed by atoms with Gasteiger partial charge in [0.2, 0.25) is 0 Å². The number of aromatic nitrogens is 4. The van der Waals surface area contributed by atoms with Crippen molar-refractivity contribution in [2.24, 2.45) is 0 Å². The third kappa shape index (κ3) is 13.2. The molecule has 0 aliphatic carbocycles. The minimum atomic E-state index is -0.648. The lowest BCUT2D eigenvalue weighted by Gasteiger charge is -2.17. The molecule has 1 heterocycles. The van der Waals surface area contributed by atoms with Crippen molar-refractivity contribution in [1.29, 1.82) is 5.26 Å². The molecule has 7 rings (SSSR count). The van der Waals surface area contributed by atoms with Gasteiger partial charge in [-0.15, -0.1) is 10.2 Å². The fourth-order valence-corrected chi connectivity index (χ4v) is 6.97. The summed E-state index contributed by atoms with van der Waals surface area (Å²) < 4.78 is 11.2. The van der Waals surface area contributed by atoms with E-state index in [9.17, 15) is 14.9 Å². The molecule has 11 nitrogen and oxygen atoms in total. The third-order valence-electron chi connectivity index (χ3n) is 9.56. The SMILES string of the molecule is CC(C)Oc1ccc(C(=O)NC(C#N)Cc2ccc(-c3ccccc3)cc2)cc1Cl.CC(C)Oc1ccc(C(=O)NC(Cc2ccc(-c3ccccc3)cc2)c2nn[nH]n2)cc1Cl. The molecule has 63 heavy (non-hydrogen) atoms. The van der Waals surface area contributed by atoms with Gasteiger partial charge in [0.15, 0.2) is 5.82 Å². The predicted octanol–water partition coefficient (Wildman–Crippen LogP) is 10.7. The lowest BCUT2D eigenvalue weighted by molar-refractivity contribution is 0.0930. The molecule has 0 saturated carbocycles. The summed E-state index contributed by atoms with van der Waals surface area (Å²) in [6.45, 7) is 7.64. The lowest BCUT2D eigenvalue weighted by Crippen LogP contribution is -2.35. The van der Waals surface area contributed by atoms with Gasteiger partial charge in [0.1, 0.15) is 17.5 Å². The third-order valence-corrected chi connectivity index (χ3v) is 10.1. The molecule has 6 aromatic carbocycles. The van der Waals surface area contributed by atoms with Crippen LogP contribution in [0.2, 0.25) is 10.0 Å². The maximum Gasteiger partial charge on any atom is 0.252 e. The first-order chi connectivity index (χ1) is 30.4. The Morgan fingerprint density at radius 1 is 0.619 bits per heavy atom. The van der Waals surface area contributed by atoms with Crippen LogP contribution in [0.4, 0.5) is 0 Å². The predicted molar refractivity (Wildman–Crippen MR) is 247 cm³/mol. The van der Waals surface area contributed by atoms with Crippen LogP contribution in [0.25, 0.3) is 22.3 Å². The van der Waals surface area contributed by atoms with E-state index in [1.54, 1.807) is 36.4 Å². The van der Waals surface area contributed by atoms with Crippen molar-refractivity contribution in [3.63, 3.8) is 0 Å². The summed E-state index contributed by atoms with van der Waals surface area (Å²) in [6.07, 6.45) is 0.888. The number of nitrogens with one attached hydrogen (secondary N) is 3. The van der Waals surface area contributed by atoms with Crippen LogP contribution in [0.3, 0.4) is 0 Å². The number of amides is 2. The van der Waals surface area contributed by atoms with E-state index in [1.165, 1.54) is 0 Å². The number of hydrogen-bond acceptors (Lipinski definition) is 8. The average molecular weight is 881 g/mol. The second-order valence-corrected chi connectivity index (χ2v) is 15.9. The minimum Gasteiger partial charge on any atom is -0.489 e. The Morgan fingerprint density at radius 3 is 1.48 bits per heavy atom. The highest BCUT2D eigenvalue weighted by molar-refractivity contribution is 6.32. The van der Waals surface area contributed by atoms with Crippen molar-refractivity contribution in [3.05, 3.63) is 184 Å². The Bertz CT molecular complexity index is 2600. The first-order valence-corrected chi connectivity index (χ1v) is 21.2. The summed E-state index contributed by atoms with van der Waals surface area (Å²) in [4.78, 5) is 25.5. The molecule has 1 aromatic heterocycles. The molecular formula is C50H47Cl2N7O4. The highest BCUT2D eigenvalue weighted by atomic mass is 35.5. The van der Waals surface area contributed by atoms with E-state index in [1.807, 2.05) is 100 Å². The molecule has 0 saturated heterocycles. The lowest BCUT2D eigenvalue weighted by atomic mass is 10.00. The van der Waals surface area contributed by atoms with E-state index in [0.29, 0.717) is 51.3 Å². The van der Waals surface area contributed by atoms with Crippen LogP contribution >= 0.6 is 23.2 Å². The van der Waals surface area contributed by atoms with Gasteiger partial charge in [-0.3, -0.25) is 9.59 Å². The van der Waals surface area contributed by atoms with E-state index < -0.39 is 12.1 Å². The van der Waals surface area contributed by atoms with Gasteiger partial charge >= 0.3 is 0 Å². The van der Waals surface area contributed by atoms with E-state index in [2.05, 4.69) is 73.7 Å². The number of ether oxygens (including phenoxy) is 2. The van der Waals surface area contributed by atoms with Crippen molar-refractivity contribution >= 4 is 35.0 Å². The van der Waals surface area contributed by atoms with Crippen LogP contribution in [0.1, 0.15) is 71.4 Å². The molecule has 0 aliphatic rings. The number of aromatic amines is 1. The van der Waals surface area contributed by atoms with E-state index >= 15 is 0 Å². The second kappa shape index (κ2) is 22.2. The number of rotatable bonds is 15. The standard InChI is InChI=1S/C25H24ClN5O2.C25H23ClN2O2/c1-16(2)33-23-13-12-20(15-21(23)26)25(32)27-22(24-28-30-31-29-24)14-17-8-10-19(11-9-17)18-6-4-3-5-7-18;1-17(2)30-24-13-12-21(15-23(24)26)25(29)28-22(16-27)14-18-8-10-20(11-9-18)19-6-4-3-5-7-19/h3-13,15-16,22H,14H2,1-2H3,(H,27,32)(H,28,29,30,31);3-13,15,17,22H,14H2,1-2H3,(H,28,29).